The highest BCUT2D eigenvalue weighted by Crippen LogP contribution is 1.97. The molecule has 0 saturated carbocycles. The zero-order chi connectivity index (χ0) is 12.0. The smallest absolute Gasteiger partial charge is 0.271 e. The average Bonchev–Trinajstić information content (AvgIpc) is 2.74. The lowest BCUT2D eigenvalue weighted by Crippen LogP contribution is -2.28. The summed E-state index contributed by atoms with van der Waals surface area (Å²) in [6, 6.07) is 2.04. The van der Waals surface area contributed by atoms with E-state index in [-0.39, 0.29) is 11.8 Å². The number of hydrogen-bond donors (Lipinski definition) is 2. The molecule has 0 spiro atoms. The summed E-state index contributed by atoms with van der Waals surface area (Å²) in [4.78, 5) is 15.5. The molecule has 1 unspecified atom stereocenters. The molecule has 0 aliphatic rings. The van der Waals surface area contributed by atoms with E-state index in [1.54, 1.807) is 24.0 Å². The lowest BCUT2D eigenvalue weighted by Gasteiger charge is -2.03. The quantitative estimate of drug-likeness (QED) is 0.715. The van der Waals surface area contributed by atoms with Gasteiger partial charge in [0.1, 0.15) is 5.69 Å². The standard InChI is InChI=1S/C10H15N5O/c1-8(4-12)5-13-10(16)9-6-15(3-2-11)7-14-9/h6-8H,2-3,5,11H2,1H3,(H,13,16). The molecule has 1 atom stereocenters. The van der Waals surface area contributed by atoms with E-state index in [1.807, 2.05) is 6.07 Å². The van der Waals surface area contributed by atoms with Crippen molar-refractivity contribution in [2.24, 2.45) is 11.7 Å². The van der Waals surface area contributed by atoms with Gasteiger partial charge in [-0.15, -0.1) is 0 Å². The van der Waals surface area contributed by atoms with Gasteiger partial charge in [-0.2, -0.15) is 5.26 Å². The average molecular weight is 221 g/mol. The van der Waals surface area contributed by atoms with Gasteiger partial charge in [-0.3, -0.25) is 4.79 Å². The maximum atomic E-state index is 11.6. The zero-order valence-corrected chi connectivity index (χ0v) is 9.18. The molecule has 0 fully saturated rings. The first-order chi connectivity index (χ1) is 7.67. The van der Waals surface area contributed by atoms with Gasteiger partial charge in [0.05, 0.1) is 18.3 Å². The summed E-state index contributed by atoms with van der Waals surface area (Å²) >= 11 is 0. The van der Waals surface area contributed by atoms with Crippen molar-refractivity contribution in [2.75, 3.05) is 13.1 Å². The van der Waals surface area contributed by atoms with Gasteiger partial charge in [-0.25, -0.2) is 4.98 Å². The van der Waals surface area contributed by atoms with Crippen LogP contribution in [0.2, 0.25) is 0 Å². The monoisotopic (exact) mass is 221 g/mol. The van der Waals surface area contributed by atoms with Crippen molar-refractivity contribution in [1.82, 2.24) is 14.9 Å². The minimum Gasteiger partial charge on any atom is -0.349 e. The second-order valence-corrected chi connectivity index (χ2v) is 3.53. The fraction of sp³-hybridized carbons (Fsp3) is 0.500. The van der Waals surface area contributed by atoms with Crippen LogP contribution in [0.15, 0.2) is 12.5 Å². The molecule has 1 rings (SSSR count). The van der Waals surface area contributed by atoms with E-state index in [0.717, 1.165) is 0 Å². The van der Waals surface area contributed by atoms with Crippen LogP contribution in [0.3, 0.4) is 0 Å². The number of carbonyl (C=O) groups is 1. The summed E-state index contributed by atoms with van der Waals surface area (Å²) in [6.07, 6.45) is 3.20. The fourth-order valence-corrected chi connectivity index (χ4v) is 1.13. The van der Waals surface area contributed by atoms with Gasteiger partial charge >= 0.3 is 0 Å². The van der Waals surface area contributed by atoms with Gasteiger partial charge in [-0.05, 0) is 6.92 Å². The molecular weight excluding hydrogens is 206 g/mol. The number of nitriles is 1. The number of aromatic nitrogens is 2. The Balaban J connectivity index is 2.50. The van der Waals surface area contributed by atoms with Crippen LogP contribution >= 0.6 is 0 Å². The Kier molecular flexibility index (Phi) is 4.48. The highest BCUT2D eigenvalue weighted by molar-refractivity contribution is 5.92. The molecular formula is C10H15N5O. The summed E-state index contributed by atoms with van der Waals surface area (Å²) in [5.74, 6) is -0.465. The number of nitrogens with one attached hydrogen (secondary N) is 1. The highest BCUT2D eigenvalue weighted by Gasteiger charge is 2.09. The number of amides is 1. The Morgan fingerprint density at radius 3 is 3.19 bits per heavy atom. The van der Waals surface area contributed by atoms with E-state index in [9.17, 15) is 4.79 Å². The van der Waals surface area contributed by atoms with Crippen LogP contribution in [0.4, 0.5) is 0 Å². The molecule has 0 saturated heterocycles. The van der Waals surface area contributed by atoms with E-state index in [2.05, 4.69) is 10.3 Å². The second kappa shape index (κ2) is 5.88. The van der Waals surface area contributed by atoms with Crippen molar-refractivity contribution < 1.29 is 4.79 Å². The minimum absolute atomic E-state index is 0.199. The van der Waals surface area contributed by atoms with E-state index >= 15 is 0 Å². The predicted octanol–water partition coefficient (Wildman–Crippen LogP) is -0.269. The van der Waals surface area contributed by atoms with Crippen LogP contribution in [-0.4, -0.2) is 28.5 Å². The third-order valence-corrected chi connectivity index (χ3v) is 2.04. The first kappa shape index (κ1) is 12.2. The molecule has 3 N–H and O–H groups in total. The summed E-state index contributed by atoms with van der Waals surface area (Å²) in [5, 5.41) is 11.2. The molecule has 1 aromatic heterocycles. The topological polar surface area (TPSA) is 96.7 Å². The Labute approximate surface area is 94.1 Å². The van der Waals surface area contributed by atoms with Crippen LogP contribution in [0.1, 0.15) is 17.4 Å². The first-order valence-electron chi connectivity index (χ1n) is 5.07. The van der Waals surface area contributed by atoms with Gasteiger partial charge in [0.2, 0.25) is 0 Å². The Hall–Kier alpha value is -1.87. The normalized spacial score (nSPS) is 11.8. The molecule has 0 aliphatic carbocycles. The zero-order valence-electron chi connectivity index (χ0n) is 9.18. The van der Waals surface area contributed by atoms with Crippen molar-refractivity contribution in [1.29, 1.82) is 5.26 Å². The Morgan fingerprint density at radius 1 is 1.81 bits per heavy atom. The summed E-state index contributed by atoms with van der Waals surface area (Å²) in [5.41, 5.74) is 5.72. The molecule has 0 radical (unpaired) electrons. The van der Waals surface area contributed by atoms with Crippen molar-refractivity contribution >= 4 is 5.91 Å². The Morgan fingerprint density at radius 2 is 2.56 bits per heavy atom. The molecule has 6 heteroatoms. The van der Waals surface area contributed by atoms with Gasteiger partial charge in [0, 0.05) is 25.8 Å². The van der Waals surface area contributed by atoms with E-state index < -0.39 is 0 Å². The number of rotatable bonds is 5. The van der Waals surface area contributed by atoms with Gasteiger partial charge in [0.15, 0.2) is 0 Å². The molecule has 1 amide bonds. The molecule has 16 heavy (non-hydrogen) atoms. The lowest BCUT2D eigenvalue weighted by atomic mass is 10.2. The molecule has 0 bridgehead atoms. The Bertz CT molecular complexity index is 392. The van der Waals surface area contributed by atoms with Gasteiger partial charge in [0.25, 0.3) is 5.91 Å². The minimum atomic E-state index is -0.266. The third kappa shape index (κ3) is 3.37. The highest BCUT2D eigenvalue weighted by atomic mass is 16.1. The van der Waals surface area contributed by atoms with Gasteiger partial charge < -0.3 is 15.6 Å². The second-order valence-electron chi connectivity index (χ2n) is 3.53. The molecule has 0 aromatic carbocycles. The number of imidazole rings is 1. The summed E-state index contributed by atoms with van der Waals surface area (Å²) in [7, 11) is 0. The van der Waals surface area contributed by atoms with Crippen molar-refractivity contribution in [2.45, 2.75) is 13.5 Å². The number of hydrogen-bond acceptors (Lipinski definition) is 4. The summed E-state index contributed by atoms with van der Waals surface area (Å²) in [6.45, 7) is 3.21. The van der Waals surface area contributed by atoms with Crippen LogP contribution in [0.25, 0.3) is 0 Å². The van der Waals surface area contributed by atoms with Crippen LogP contribution in [0.5, 0.6) is 0 Å². The maximum absolute atomic E-state index is 11.6. The molecule has 86 valence electrons. The van der Waals surface area contributed by atoms with Crippen LogP contribution in [0, 0.1) is 17.2 Å². The molecule has 1 aromatic rings. The van der Waals surface area contributed by atoms with Crippen LogP contribution in [-0.2, 0) is 6.54 Å². The number of carbonyl (C=O) groups excluding carboxylic acids is 1. The lowest BCUT2D eigenvalue weighted by molar-refractivity contribution is 0.0946. The van der Waals surface area contributed by atoms with E-state index in [0.29, 0.717) is 25.3 Å². The van der Waals surface area contributed by atoms with Crippen molar-refractivity contribution in [3.63, 3.8) is 0 Å². The van der Waals surface area contributed by atoms with Gasteiger partial charge in [-0.1, -0.05) is 0 Å². The van der Waals surface area contributed by atoms with E-state index in [1.165, 1.54) is 0 Å². The maximum Gasteiger partial charge on any atom is 0.271 e. The third-order valence-electron chi connectivity index (χ3n) is 2.04. The molecule has 1 heterocycles. The first-order valence-corrected chi connectivity index (χ1v) is 5.07. The SMILES string of the molecule is CC(C#N)CNC(=O)c1cn(CCN)cn1. The molecule has 6 nitrogen and oxygen atoms in total. The van der Waals surface area contributed by atoms with Crippen molar-refractivity contribution in [3.8, 4) is 6.07 Å². The van der Waals surface area contributed by atoms with E-state index in [4.69, 9.17) is 11.0 Å². The largest absolute Gasteiger partial charge is 0.349 e. The fourth-order valence-electron chi connectivity index (χ4n) is 1.13. The van der Waals surface area contributed by atoms with Crippen LogP contribution < -0.4 is 11.1 Å². The van der Waals surface area contributed by atoms with Crippen molar-refractivity contribution in [3.05, 3.63) is 18.2 Å². The number of nitrogens with zero attached hydrogens (tertiary/aromatic N) is 3. The predicted molar refractivity (Wildman–Crippen MR) is 58.4 cm³/mol. The molecule has 0 aliphatic heterocycles. The summed E-state index contributed by atoms with van der Waals surface area (Å²) < 4.78 is 1.75. The number of nitrogens with two attached hydrogens (primary N) is 1.